The monoisotopic (exact) mass is 342 g/mol. The third-order valence-corrected chi connectivity index (χ3v) is 5.18. The molecular formula is C13H14N2O3S3. The number of thiazole rings is 1. The lowest BCUT2D eigenvalue weighted by molar-refractivity contribution is -0.143. The maximum Gasteiger partial charge on any atom is 0.345 e. The van der Waals surface area contributed by atoms with Gasteiger partial charge in [-0.15, -0.1) is 11.3 Å². The second kappa shape index (κ2) is 7.15. The van der Waals surface area contributed by atoms with Gasteiger partial charge in [-0.05, 0) is 31.6 Å². The predicted octanol–water partition coefficient (Wildman–Crippen LogP) is 3.50. The number of amides is 1. The van der Waals surface area contributed by atoms with Crippen LogP contribution < -0.4 is 5.32 Å². The number of rotatable bonds is 4. The summed E-state index contributed by atoms with van der Waals surface area (Å²) in [6, 6.07) is 0. The molecule has 0 saturated carbocycles. The highest BCUT2D eigenvalue weighted by molar-refractivity contribution is 8.27. The van der Waals surface area contributed by atoms with Crippen LogP contribution in [-0.4, -0.2) is 23.0 Å². The molecule has 0 unspecified atom stereocenters. The maximum absolute atomic E-state index is 12.4. The zero-order valence-corrected chi connectivity index (χ0v) is 14.2. The number of carbonyl (C=O) groups excluding carboxylic acids is 2. The van der Waals surface area contributed by atoms with Crippen molar-refractivity contribution in [3.8, 4) is 0 Å². The molecule has 1 aromatic rings. The molecule has 0 aliphatic carbocycles. The molecule has 1 amide bonds. The van der Waals surface area contributed by atoms with Crippen LogP contribution in [0.5, 0.6) is 0 Å². The van der Waals surface area contributed by atoms with Crippen molar-refractivity contribution in [2.24, 2.45) is 0 Å². The van der Waals surface area contributed by atoms with Crippen molar-refractivity contribution in [3.63, 3.8) is 0 Å². The number of nitrogens with zero attached hydrogens (tertiary/aromatic N) is 1. The fourth-order valence-electron chi connectivity index (χ4n) is 1.44. The third kappa shape index (κ3) is 4.36. The Labute approximate surface area is 135 Å². The number of nitrogens with one attached hydrogen (secondary N) is 1. The standard InChI is InChI=1S/C13H14N2O3S3/c1-7(2)18-11(17)9(12-19-4-5-20-12)10(16)15-13-14-6-8(3)21-13/h4-7H,1-3H3,(H,14,15,16). The zero-order chi connectivity index (χ0) is 15.4. The Bertz CT molecular complexity index is 610. The minimum atomic E-state index is -0.616. The molecule has 5 nitrogen and oxygen atoms in total. The van der Waals surface area contributed by atoms with Crippen molar-refractivity contribution in [1.29, 1.82) is 0 Å². The van der Waals surface area contributed by atoms with Crippen molar-refractivity contribution in [1.82, 2.24) is 4.98 Å². The average molecular weight is 342 g/mol. The molecule has 0 radical (unpaired) electrons. The van der Waals surface area contributed by atoms with Crippen LogP contribution in [0.2, 0.25) is 0 Å². The first-order valence-electron chi connectivity index (χ1n) is 6.14. The fourth-order valence-corrected chi connectivity index (χ4v) is 3.93. The van der Waals surface area contributed by atoms with Crippen LogP contribution in [0.3, 0.4) is 0 Å². The number of ether oxygens (including phenoxy) is 1. The van der Waals surface area contributed by atoms with E-state index in [4.69, 9.17) is 4.74 Å². The Hall–Kier alpha value is -1.25. The lowest BCUT2D eigenvalue weighted by Crippen LogP contribution is -2.25. The van der Waals surface area contributed by atoms with Gasteiger partial charge in [-0.1, -0.05) is 23.5 Å². The molecule has 8 heteroatoms. The number of hydrogen-bond acceptors (Lipinski definition) is 7. The first kappa shape index (κ1) is 16.1. The molecule has 21 heavy (non-hydrogen) atoms. The fraction of sp³-hybridized carbons (Fsp3) is 0.308. The summed E-state index contributed by atoms with van der Waals surface area (Å²) in [6.45, 7) is 5.39. The Morgan fingerprint density at radius 2 is 1.95 bits per heavy atom. The quantitative estimate of drug-likeness (QED) is 0.391. The second-order valence-electron chi connectivity index (χ2n) is 4.35. The van der Waals surface area contributed by atoms with Gasteiger partial charge in [-0.2, -0.15) is 0 Å². The molecule has 2 heterocycles. The van der Waals surface area contributed by atoms with Crippen molar-refractivity contribution in [2.45, 2.75) is 26.9 Å². The van der Waals surface area contributed by atoms with Gasteiger partial charge in [-0.3, -0.25) is 10.1 Å². The first-order valence-corrected chi connectivity index (χ1v) is 8.72. The Kier molecular flexibility index (Phi) is 5.49. The predicted molar refractivity (Wildman–Crippen MR) is 88.1 cm³/mol. The summed E-state index contributed by atoms with van der Waals surface area (Å²) in [5, 5.41) is 6.76. The number of thioether (sulfide) groups is 2. The zero-order valence-electron chi connectivity index (χ0n) is 11.7. The molecule has 1 aliphatic heterocycles. The lowest BCUT2D eigenvalue weighted by atomic mass is 10.3. The van der Waals surface area contributed by atoms with Gasteiger partial charge in [0.05, 0.1) is 10.3 Å². The van der Waals surface area contributed by atoms with Crippen LogP contribution in [0, 0.1) is 6.92 Å². The van der Waals surface area contributed by atoms with E-state index in [0.29, 0.717) is 9.37 Å². The Balaban J connectivity index is 2.21. The van der Waals surface area contributed by atoms with Crippen LogP contribution in [0.4, 0.5) is 5.13 Å². The molecule has 1 aromatic heterocycles. The smallest absolute Gasteiger partial charge is 0.345 e. The minimum absolute atomic E-state index is 0.0246. The van der Waals surface area contributed by atoms with Gasteiger partial charge in [0.25, 0.3) is 5.91 Å². The Morgan fingerprint density at radius 1 is 1.29 bits per heavy atom. The highest BCUT2D eigenvalue weighted by atomic mass is 32.2. The largest absolute Gasteiger partial charge is 0.459 e. The highest BCUT2D eigenvalue weighted by Crippen LogP contribution is 2.40. The third-order valence-electron chi connectivity index (χ3n) is 2.23. The summed E-state index contributed by atoms with van der Waals surface area (Å²) in [4.78, 5) is 29.6. The lowest BCUT2D eigenvalue weighted by Gasteiger charge is -2.12. The molecule has 0 aromatic carbocycles. The summed E-state index contributed by atoms with van der Waals surface area (Å²) < 4.78 is 5.78. The van der Waals surface area contributed by atoms with Crippen molar-refractivity contribution in [3.05, 3.63) is 31.7 Å². The van der Waals surface area contributed by atoms with Crippen LogP contribution in [0.15, 0.2) is 26.8 Å². The summed E-state index contributed by atoms with van der Waals surface area (Å²) in [7, 11) is 0. The van der Waals surface area contributed by atoms with E-state index >= 15 is 0 Å². The van der Waals surface area contributed by atoms with E-state index in [2.05, 4.69) is 10.3 Å². The van der Waals surface area contributed by atoms with E-state index in [0.717, 1.165) is 4.88 Å². The SMILES string of the molecule is Cc1cnc(NC(=O)C(C(=O)OC(C)C)=C2SC=CS2)s1. The van der Waals surface area contributed by atoms with Gasteiger partial charge >= 0.3 is 5.97 Å². The minimum Gasteiger partial charge on any atom is -0.459 e. The van der Waals surface area contributed by atoms with E-state index in [1.165, 1.54) is 34.9 Å². The number of anilines is 1. The van der Waals surface area contributed by atoms with Gasteiger partial charge < -0.3 is 4.74 Å². The van der Waals surface area contributed by atoms with Crippen molar-refractivity contribution in [2.75, 3.05) is 5.32 Å². The molecule has 0 bridgehead atoms. The number of hydrogen-bond donors (Lipinski definition) is 1. The van der Waals surface area contributed by atoms with Crippen molar-refractivity contribution < 1.29 is 14.3 Å². The summed E-state index contributed by atoms with van der Waals surface area (Å²) in [5.41, 5.74) is 0.0246. The number of aryl methyl sites for hydroxylation is 1. The van der Waals surface area contributed by atoms with Crippen LogP contribution >= 0.6 is 34.9 Å². The second-order valence-corrected chi connectivity index (χ2v) is 7.68. The molecule has 0 saturated heterocycles. The van der Waals surface area contributed by atoms with Crippen LogP contribution in [-0.2, 0) is 14.3 Å². The van der Waals surface area contributed by atoms with E-state index in [9.17, 15) is 9.59 Å². The van der Waals surface area contributed by atoms with Gasteiger partial charge in [-0.25, -0.2) is 9.78 Å². The molecule has 1 N–H and O–H groups in total. The van der Waals surface area contributed by atoms with Gasteiger partial charge in [0.15, 0.2) is 5.13 Å². The van der Waals surface area contributed by atoms with E-state index in [-0.39, 0.29) is 11.7 Å². The van der Waals surface area contributed by atoms with E-state index in [1.54, 1.807) is 20.0 Å². The van der Waals surface area contributed by atoms with Crippen LogP contribution in [0.25, 0.3) is 0 Å². The number of esters is 1. The molecule has 0 fully saturated rings. The molecule has 2 rings (SSSR count). The molecular weight excluding hydrogens is 328 g/mol. The highest BCUT2D eigenvalue weighted by Gasteiger charge is 2.27. The van der Waals surface area contributed by atoms with Gasteiger partial charge in [0, 0.05) is 11.1 Å². The van der Waals surface area contributed by atoms with Gasteiger partial charge in [0.1, 0.15) is 5.57 Å². The first-order chi connectivity index (χ1) is 9.97. The molecule has 112 valence electrons. The Morgan fingerprint density at radius 3 is 2.48 bits per heavy atom. The normalized spacial score (nSPS) is 13.6. The number of carbonyl (C=O) groups is 2. The van der Waals surface area contributed by atoms with Gasteiger partial charge in [0.2, 0.25) is 0 Å². The molecule has 0 spiro atoms. The summed E-state index contributed by atoms with van der Waals surface area (Å²) in [5.74, 6) is -1.11. The maximum atomic E-state index is 12.4. The number of aromatic nitrogens is 1. The summed E-state index contributed by atoms with van der Waals surface area (Å²) >= 11 is 4.02. The van der Waals surface area contributed by atoms with Crippen LogP contribution in [0.1, 0.15) is 18.7 Å². The summed E-state index contributed by atoms with van der Waals surface area (Å²) in [6.07, 6.45) is 1.38. The molecule has 1 aliphatic rings. The van der Waals surface area contributed by atoms with E-state index < -0.39 is 11.9 Å². The van der Waals surface area contributed by atoms with E-state index in [1.807, 2.05) is 17.7 Å². The molecule has 0 atom stereocenters. The average Bonchev–Trinajstić information content (AvgIpc) is 3.01. The topological polar surface area (TPSA) is 68.3 Å². The van der Waals surface area contributed by atoms with Crippen molar-refractivity contribution >= 4 is 51.9 Å².